The van der Waals surface area contributed by atoms with E-state index < -0.39 is 17.8 Å². The summed E-state index contributed by atoms with van der Waals surface area (Å²) in [6, 6.07) is 0. The average molecular weight is 315 g/mol. The van der Waals surface area contributed by atoms with Crippen LogP contribution in [0.2, 0.25) is 0 Å². The molecule has 0 saturated heterocycles. The quantitative estimate of drug-likeness (QED) is 0.796. The van der Waals surface area contributed by atoms with Crippen molar-refractivity contribution in [3.05, 3.63) is 0 Å². The zero-order chi connectivity index (χ0) is 9.70. The Morgan fingerprint density at radius 2 is 1.43 bits per heavy atom. The van der Waals surface area contributed by atoms with Crippen molar-refractivity contribution in [2.75, 3.05) is 26.3 Å². The molecule has 1 atom stereocenters. The molecule has 0 fully saturated rings. The van der Waals surface area contributed by atoms with Crippen molar-refractivity contribution in [2.45, 2.75) is 21.8 Å². The molecule has 0 aliphatic rings. The molecule has 2 nitrogen and oxygen atoms in total. The molecular formula is C7H21F3O2SY. The van der Waals surface area contributed by atoms with Crippen molar-refractivity contribution in [2.24, 2.45) is 0 Å². The van der Waals surface area contributed by atoms with Crippen molar-refractivity contribution >= 4 is 11.1 Å². The molecular weight excluding hydrogens is 294 g/mol. The van der Waals surface area contributed by atoms with Crippen molar-refractivity contribution in [3.63, 3.8) is 0 Å². The van der Waals surface area contributed by atoms with Crippen LogP contribution in [0.5, 0.6) is 0 Å². The van der Waals surface area contributed by atoms with E-state index in [4.69, 9.17) is 4.55 Å². The van der Waals surface area contributed by atoms with Gasteiger partial charge < -0.3 is 4.55 Å². The molecule has 0 saturated carbocycles. The maximum Gasteiger partial charge on any atom is 0.155 e. The number of hydrogen-bond donors (Lipinski definition) is 1. The second-order valence-corrected chi connectivity index (χ2v) is 2.03. The summed E-state index contributed by atoms with van der Waals surface area (Å²) in [5.74, 6) is -0.264. The van der Waals surface area contributed by atoms with Gasteiger partial charge in [-0.25, -0.2) is 4.21 Å². The summed E-state index contributed by atoms with van der Waals surface area (Å²) in [5.41, 5.74) is 0. The Morgan fingerprint density at radius 1 is 1.21 bits per heavy atom. The van der Waals surface area contributed by atoms with Gasteiger partial charge in [0, 0.05) is 32.7 Å². The van der Waals surface area contributed by atoms with E-state index in [0.29, 0.717) is 7.18 Å². The third-order valence-corrected chi connectivity index (χ3v) is 0.755. The van der Waals surface area contributed by atoms with Gasteiger partial charge >= 0.3 is 0 Å². The minimum atomic E-state index is -1.94. The number of rotatable bonds is 2. The third kappa shape index (κ3) is 117. The summed E-state index contributed by atoms with van der Waals surface area (Å²) in [6.07, 6.45) is 0. The average Bonchev–Trinajstić information content (AvgIpc) is 1.93. The van der Waals surface area contributed by atoms with Gasteiger partial charge in [-0.05, 0) is 6.92 Å². The van der Waals surface area contributed by atoms with Crippen LogP contribution in [-0.2, 0) is 43.8 Å². The number of alkyl halides is 3. The van der Waals surface area contributed by atoms with Gasteiger partial charge in [0.05, 0.1) is 19.6 Å². The van der Waals surface area contributed by atoms with Gasteiger partial charge in [-0.3, -0.25) is 13.2 Å². The maximum atomic E-state index is 10.9. The summed E-state index contributed by atoms with van der Waals surface area (Å²) in [5, 5.41) is 0. The zero-order valence-corrected chi connectivity index (χ0v) is 10.8. The van der Waals surface area contributed by atoms with Gasteiger partial charge in [0.2, 0.25) is 0 Å². The van der Waals surface area contributed by atoms with Gasteiger partial charge in [0.1, 0.15) is 6.67 Å². The number of hydrogen-bond acceptors (Lipinski definition) is 1. The third-order valence-electron chi connectivity index (χ3n) is 0.252. The van der Waals surface area contributed by atoms with Crippen LogP contribution in [-0.4, -0.2) is 35.0 Å². The van der Waals surface area contributed by atoms with Gasteiger partial charge in [0.15, 0.2) is 11.1 Å². The molecule has 0 aliphatic heterocycles. The van der Waals surface area contributed by atoms with Crippen LogP contribution in [0.3, 0.4) is 0 Å². The first-order valence-electron chi connectivity index (χ1n) is 2.76. The largest absolute Gasteiger partial charge is 0.306 e. The van der Waals surface area contributed by atoms with E-state index in [2.05, 4.69) is 0 Å². The fourth-order valence-electron chi connectivity index (χ4n) is 0.0660. The van der Waals surface area contributed by atoms with Gasteiger partial charge in [-0.2, -0.15) is 0 Å². The van der Waals surface area contributed by atoms with Crippen molar-refractivity contribution in [3.8, 4) is 0 Å². The molecule has 91 valence electrons. The standard InChI is InChI=1S/C2H5FO2S.C2H5F.CH3F.2CH4.Y/c3-1-2-6(4)5;1-2-3;1-2;;;/h1-2H2,(H,4,5);2H2,1H3;1H3;2*1H4;. The van der Waals surface area contributed by atoms with Crippen LogP contribution in [0.25, 0.3) is 0 Å². The topological polar surface area (TPSA) is 37.3 Å². The maximum absolute atomic E-state index is 10.9. The first kappa shape index (κ1) is 36.3. The minimum absolute atomic E-state index is 0. The monoisotopic (exact) mass is 315 g/mol. The molecule has 0 aromatic rings. The van der Waals surface area contributed by atoms with Crippen LogP contribution in [0.1, 0.15) is 21.8 Å². The summed E-state index contributed by atoms with van der Waals surface area (Å²) >= 11 is -1.94. The normalized spacial score (nSPS) is 7.86. The van der Waals surface area contributed by atoms with Gasteiger partial charge in [-0.15, -0.1) is 0 Å². The zero-order valence-electron chi connectivity index (χ0n) is 7.10. The second kappa shape index (κ2) is 48.3. The Bertz CT molecular complexity index is 80.0. The van der Waals surface area contributed by atoms with E-state index in [1.54, 1.807) is 0 Å². The molecule has 14 heavy (non-hydrogen) atoms. The summed E-state index contributed by atoms with van der Waals surface area (Å²) < 4.78 is 47.9. The van der Waals surface area contributed by atoms with Gasteiger partial charge in [0.25, 0.3) is 0 Å². The Labute approximate surface area is 113 Å². The molecule has 0 heterocycles. The molecule has 1 N–H and O–H groups in total. The molecule has 7 heteroatoms. The van der Waals surface area contributed by atoms with E-state index in [1.807, 2.05) is 0 Å². The van der Waals surface area contributed by atoms with Crippen LogP contribution < -0.4 is 0 Å². The first-order valence-corrected chi connectivity index (χ1v) is 4.03. The van der Waals surface area contributed by atoms with E-state index in [-0.39, 0.29) is 60.0 Å². The van der Waals surface area contributed by atoms with Crippen LogP contribution in [0.15, 0.2) is 0 Å². The summed E-state index contributed by atoms with van der Waals surface area (Å²) in [4.78, 5) is 0. The first-order chi connectivity index (χ1) is 5.18. The molecule has 1 radical (unpaired) electrons. The fourth-order valence-corrected chi connectivity index (χ4v) is 0.198. The predicted octanol–water partition coefficient (Wildman–Crippen LogP) is 3.01. The Morgan fingerprint density at radius 3 is 1.43 bits per heavy atom. The SMILES string of the molecule is C.C.CCF.CF.O=S(O)CCF.[Y]. The fraction of sp³-hybridized carbons (Fsp3) is 1.00. The Kier molecular flexibility index (Phi) is 125. The Hall–Kier alpha value is 1.00. The molecule has 0 amide bonds. The van der Waals surface area contributed by atoms with Crippen LogP contribution in [0.4, 0.5) is 13.2 Å². The number of halogens is 3. The van der Waals surface area contributed by atoms with Crippen molar-refractivity contribution in [1.29, 1.82) is 0 Å². The second-order valence-electron chi connectivity index (χ2n) is 0.982. The van der Waals surface area contributed by atoms with E-state index in [0.717, 1.165) is 0 Å². The summed E-state index contributed by atoms with van der Waals surface area (Å²) in [6.45, 7) is 0.489. The predicted molar refractivity (Wildman–Crippen MR) is 53.8 cm³/mol. The molecule has 0 aromatic carbocycles. The summed E-state index contributed by atoms with van der Waals surface area (Å²) in [7, 11) is 0.500. The molecule has 0 aliphatic carbocycles. The molecule has 0 rings (SSSR count). The van der Waals surface area contributed by atoms with E-state index in [9.17, 15) is 17.4 Å². The smallest absolute Gasteiger partial charge is 0.155 e. The van der Waals surface area contributed by atoms with Crippen LogP contribution >= 0.6 is 0 Å². The van der Waals surface area contributed by atoms with E-state index >= 15 is 0 Å². The molecule has 0 aromatic heterocycles. The van der Waals surface area contributed by atoms with Crippen LogP contribution in [0, 0.1) is 0 Å². The van der Waals surface area contributed by atoms with E-state index in [1.165, 1.54) is 6.92 Å². The van der Waals surface area contributed by atoms with Crippen molar-refractivity contribution in [1.82, 2.24) is 0 Å². The van der Waals surface area contributed by atoms with Gasteiger partial charge in [-0.1, -0.05) is 14.9 Å². The molecule has 0 spiro atoms. The minimum Gasteiger partial charge on any atom is -0.306 e. The van der Waals surface area contributed by atoms with Crippen molar-refractivity contribution < 1.29 is 54.6 Å². The molecule has 0 bridgehead atoms. The Balaban J connectivity index is -0.0000000178. The molecule has 1 unspecified atom stereocenters.